The van der Waals surface area contributed by atoms with Gasteiger partial charge in [-0.3, -0.25) is 14.4 Å². The number of aromatic nitrogens is 3. The van der Waals surface area contributed by atoms with Crippen LogP contribution in [-0.2, 0) is 0 Å². The van der Waals surface area contributed by atoms with Crippen molar-refractivity contribution in [2.24, 2.45) is 15.0 Å². The number of fused-ring (bicyclic) bond motifs is 2. The Morgan fingerprint density at radius 2 is 1.95 bits per heavy atom. The van der Waals surface area contributed by atoms with E-state index >= 15 is 0 Å². The number of H-pyrrole nitrogens is 1. The van der Waals surface area contributed by atoms with E-state index in [1.165, 1.54) is 11.8 Å². The van der Waals surface area contributed by atoms with Crippen LogP contribution >= 0.6 is 11.8 Å². The first-order valence-electron chi connectivity index (χ1n) is 12.4. The van der Waals surface area contributed by atoms with Crippen molar-refractivity contribution >= 4 is 50.9 Å². The molecule has 0 saturated carbocycles. The largest absolute Gasteiger partial charge is 0.360 e. The summed E-state index contributed by atoms with van der Waals surface area (Å²) in [5.41, 5.74) is 6.33. The summed E-state index contributed by atoms with van der Waals surface area (Å²) in [7, 11) is 1.72. The molecule has 9 heteroatoms. The Balaban J connectivity index is 1.56. The third-order valence-corrected chi connectivity index (χ3v) is 7.54. The Labute approximate surface area is 229 Å². The van der Waals surface area contributed by atoms with Gasteiger partial charge in [0.05, 0.1) is 17.0 Å². The molecular weight excluding hydrogens is 506 g/mol. The Kier molecular flexibility index (Phi) is 6.42. The Bertz CT molecular complexity index is 1880. The minimum atomic E-state index is -0.309. The summed E-state index contributed by atoms with van der Waals surface area (Å²) in [5, 5.41) is 6.64. The highest BCUT2D eigenvalue weighted by Gasteiger charge is 2.22. The standard InChI is InChI=1S/C30H25N7OS/c1-18(36-28(31-2)26-29(32-3)39-17-35-26)24-15-19-8-7-11-23(21-14-20-12-13-33-27(20)34-16-21)25(19)30(38)37(24)22-9-5-4-6-10-22/h4-18,36H,2H2,1,3H3,(H,33,34)/b28-26-,32-29+/t18-/m0/s1. The lowest BCUT2D eigenvalue weighted by atomic mass is 9.98. The van der Waals surface area contributed by atoms with Crippen molar-refractivity contribution in [3.8, 4) is 16.8 Å². The molecular formula is C30H25N7OS. The number of aliphatic imine (C=N–C) groups is 3. The zero-order valence-electron chi connectivity index (χ0n) is 21.4. The quantitative estimate of drug-likeness (QED) is 0.268. The summed E-state index contributed by atoms with van der Waals surface area (Å²) >= 11 is 1.43. The van der Waals surface area contributed by atoms with Crippen LogP contribution in [0.1, 0.15) is 18.7 Å². The van der Waals surface area contributed by atoms with Crippen LogP contribution in [0.2, 0.25) is 0 Å². The molecule has 5 aromatic rings. The second kappa shape index (κ2) is 10.2. The van der Waals surface area contributed by atoms with Gasteiger partial charge in [0.15, 0.2) is 5.82 Å². The number of benzene rings is 2. The number of aromatic amines is 1. The predicted octanol–water partition coefficient (Wildman–Crippen LogP) is 5.86. The Morgan fingerprint density at radius 3 is 2.74 bits per heavy atom. The van der Waals surface area contributed by atoms with Gasteiger partial charge in [-0.1, -0.05) is 48.2 Å². The first kappa shape index (κ1) is 24.6. The lowest BCUT2D eigenvalue weighted by molar-refractivity contribution is 0.608. The second-order valence-electron chi connectivity index (χ2n) is 9.06. The number of pyridine rings is 2. The molecule has 3 aromatic heterocycles. The van der Waals surface area contributed by atoms with Crippen LogP contribution in [0.3, 0.4) is 0 Å². The minimum absolute atomic E-state index is 0.113. The molecule has 6 rings (SSSR count). The highest BCUT2D eigenvalue weighted by Crippen LogP contribution is 2.31. The second-order valence-corrected chi connectivity index (χ2v) is 9.89. The Morgan fingerprint density at radius 1 is 1.10 bits per heavy atom. The van der Waals surface area contributed by atoms with E-state index in [-0.39, 0.29) is 11.6 Å². The van der Waals surface area contributed by atoms with E-state index < -0.39 is 0 Å². The van der Waals surface area contributed by atoms with E-state index in [4.69, 9.17) is 0 Å². The first-order chi connectivity index (χ1) is 19.1. The molecule has 1 aliphatic rings. The number of nitrogens with zero attached hydrogens (tertiary/aromatic N) is 5. The zero-order chi connectivity index (χ0) is 26.9. The van der Waals surface area contributed by atoms with E-state index in [1.54, 1.807) is 23.4 Å². The zero-order valence-corrected chi connectivity index (χ0v) is 22.2. The van der Waals surface area contributed by atoms with Crippen molar-refractivity contribution in [2.45, 2.75) is 13.0 Å². The van der Waals surface area contributed by atoms with Gasteiger partial charge in [-0.2, -0.15) is 0 Å². The summed E-state index contributed by atoms with van der Waals surface area (Å²) in [5.74, 6) is 0.510. The normalized spacial score (nSPS) is 16.2. The average Bonchev–Trinajstić information content (AvgIpc) is 3.65. The fourth-order valence-electron chi connectivity index (χ4n) is 4.90. The minimum Gasteiger partial charge on any atom is -0.360 e. The predicted molar refractivity (Wildman–Crippen MR) is 162 cm³/mol. The third kappa shape index (κ3) is 4.36. The van der Waals surface area contributed by atoms with Crippen LogP contribution < -0.4 is 10.9 Å². The van der Waals surface area contributed by atoms with Crippen molar-refractivity contribution < 1.29 is 0 Å². The maximum absolute atomic E-state index is 14.4. The number of rotatable bonds is 6. The van der Waals surface area contributed by atoms with Crippen LogP contribution in [0, 0.1) is 0 Å². The summed E-state index contributed by atoms with van der Waals surface area (Å²) in [6.07, 6.45) is 3.67. The molecule has 0 amide bonds. The van der Waals surface area contributed by atoms with E-state index in [0.29, 0.717) is 16.9 Å². The third-order valence-electron chi connectivity index (χ3n) is 6.73. The van der Waals surface area contributed by atoms with Crippen molar-refractivity contribution in [2.75, 3.05) is 7.05 Å². The summed E-state index contributed by atoms with van der Waals surface area (Å²) < 4.78 is 1.76. The molecule has 2 aromatic carbocycles. The molecule has 0 bridgehead atoms. The van der Waals surface area contributed by atoms with Gasteiger partial charge in [-0.25, -0.2) is 15.0 Å². The van der Waals surface area contributed by atoms with Gasteiger partial charge in [-0.15, -0.1) is 0 Å². The van der Waals surface area contributed by atoms with Gasteiger partial charge < -0.3 is 10.3 Å². The fraction of sp³-hybridized carbons (Fsp3) is 0.100. The summed E-state index contributed by atoms with van der Waals surface area (Å²) in [6, 6.07) is 21.4. The van der Waals surface area contributed by atoms with Gasteiger partial charge in [0.1, 0.15) is 16.4 Å². The van der Waals surface area contributed by atoms with Crippen LogP contribution in [0.25, 0.3) is 38.6 Å². The molecule has 8 nitrogen and oxygen atoms in total. The number of thioether (sulfide) groups is 1. The number of nitrogens with one attached hydrogen (secondary N) is 2. The molecule has 0 radical (unpaired) electrons. The molecule has 0 unspecified atom stereocenters. The molecule has 192 valence electrons. The molecule has 1 aliphatic heterocycles. The van der Waals surface area contributed by atoms with Crippen LogP contribution in [-0.4, -0.2) is 38.9 Å². The van der Waals surface area contributed by atoms with Crippen LogP contribution in [0.15, 0.2) is 110 Å². The first-order valence-corrected chi connectivity index (χ1v) is 13.3. The van der Waals surface area contributed by atoms with E-state index in [0.717, 1.165) is 44.0 Å². The van der Waals surface area contributed by atoms with Crippen molar-refractivity contribution in [3.05, 3.63) is 107 Å². The van der Waals surface area contributed by atoms with Crippen LogP contribution in [0.5, 0.6) is 0 Å². The van der Waals surface area contributed by atoms with Crippen LogP contribution in [0.4, 0.5) is 0 Å². The lowest BCUT2D eigenvalue weighted by Gasteiger charge is -2.23. The van der Waals surface area contributed by atoms with Crippen molar-refractivity contribution in [1.82, 2.24) is 19.9 Å². The molecule has 1 atom stereocenters. The number of hydrogen-bond acceptors (Lipinski definition) is 7. The summed E-state index contributed by atoms with van der Waals surface area (Å²) in [4.78, 5) is 35.0. The molecule has 0 spiro atoms. The molecule has 0 aliphatic carbocycles. The lowest BCUT2D eigenvalue weighted by Crippen LogP contribution is -2.29. The molecule has 2 N–H and O–H groups in total. The molecule has 39 heavy (non-hydrogen) atoms. The number of hydrogen-bond donors (Lipinski definition) is 2. The van der Waals surface area contributed by atoms with Gasteiger partial charge in [0.25, 0.3) is 5.56 Å². The van der Waals surface area contributed by atoms with E-state index in [2.05, 4.69) is 49.1 Å². The van der Waals surface area contributed by atoms with Gasteiger partial charge in [0.2, 0.25) is 0 Å². The molecule has 0 fully saturated rings. The van der Waals surface area contributed by atoms with Gasteiger partial charge in [0, 0.05) is 41.8 Å². The smallest absolute Gasteiger partial charge is 0.263 e. The van der Waals surface area contributed by atoms with E-state index in [1.807, 2.05) is 67.7 Å². The topological polar surface area (TPSA) is 99.8 Å². The highest BCUT2D eigenvalue weighted by atomic mass is 32.2. The average molecular weight is 532 g/mol. The SMILES string of the molecule is C=N/C(N[C@@H](C)c1cc2cccc(-c3cnc4[nH]ccc4c3)c2c(=O)n1-c1ccccc1)=C1/N=CS/C1=N/C. The van der Waals surface area contributed by atoms with Gasteiger partial charge >= 0.3 is 0 Å². The molecule has 0 saturated heterocycles. The summed E-state index contributed by atoms with van der Waals surface area (Å²) in [6.45, 7) is 5.74. The van der Waals surface area contributed by atoms with E-state index in [9.17, 15) is 4.79 Å². The van der Waals surface area contributed by atoms with Crippen molar-refractivity contribution in [1.29, 1.82) is 0 Å². The monoisotopic (exact) mass is 531 g/mol. The highest BCUT2D eigenvalue weighted by molar-refractivity contribution is 8.26. The molecule has 4 heterocycles. The van der Waals surface area contributed by atoms with Gasteiger partial charge in [-0.05, 0) is 54.9 Å². The Hall–Kier alpha value is -4.76. The maximum Gasteiger partial charge on any atom is 0.263 e. The fourth-order valence-corrected chi connectivity index (χ4v) is 5.53. The maximum atomic E-state index is 14.4. The van der Waals surface area contributed by atoms with Crippen molar-refractivity contribution in [3.63, 3.8) is 0 Å². The number of para-hydroxylation sites is 1.